The highest BCUT2D eigenvalue weighted by atomic mass is 32.1. The molecule has 0 unspecified atom stereocenters. The van der Waals surface area contributed by atoms with Gasteiger partial charge in [-0.25, -0.2) is 0 Å². The molecule has 4 rings (SSSR count). The van der Waals surface area contributed by atoms with Gasteiger partial charge in [0.15, 0.2) is 0 Å². The minimum atomic E-state index is 0.216. The van der Waals surface area contributed by atoms with Crippen LogP contribution in [0.4, 0.5) is 0 Å². The number of likely N-dealkylation sites (tertiary alicyclic amines) is 1. The van der Waals surface area contributed by atoms with Crippen LogP contribution in [0.25, 0.3) is 0 Å². The van der Waals surface area contributed by atoms with Gasteiger partial charge in [0.25, 0.3) is 0 Å². The van der Waals surface area contributed by atoms with Crippen molar-refractivity contribution in [1.29, 1.82) is 0 Å². The molecule has 2 aromatic rings. The first-order chi connectivity index (χ1) is 13.0. The summed E-state index contributed by atoms with van der Waals surface area (Å²) in [6.45, 7) is 7.92. The Labute approximate surface area is 166 Å². The highest BCUT2D eigenvalue weighted by Crippen LogP contribution is 2.57. The van der Waals surface area contributed by atoms with Gasteiger partial charge in [0.05, 0.1) is 5.69 Å². The smallest absolute Gasteiger partial charge is 0.220 e. The predicted octanol–water partition coefficient (Wildman–Crippen LogP) is 3.45. The summed E-state index contributed by atoms with van der Waals surface area (Å²) in [7, 11) is 2.01. The van der Waals surface area contributed by atoms with Crippen LogP contribution >= 0.6 is 11.3 Å². The molecule has 146 valence electrons. The van der Waals surface area contributed by atoms with E-state index in [1.165, 1.54) is 36.1 Å². The lowest BCUT2D eigenvalue weighted by Crippen LogP contribution is -2.39. The van der Waals surface area contributed by atoms with Crippen LogP contribution in [-0.4, -0.2) is 44.6 Å². The summed E-state index contributed by atoms with van der Waals surface area (Å²) in [6.07, 6.45) is 6.74. The number of carbonyl (C=O) groups is 1. The predicted molar refractivity (Wildman–Crippen MR) is 108 cm³/mol. The Hall–Kier alpha value is -1.66. The Kier molecular flexibility index (Phi) is 5.12. The molecule has 5 nitrogen and oxygen atoms in total. The number of amides is 1. The fraction of sp³-hybridized carbons (Fsp3) is 0.619. The van der Waals surface area contributed by atoms with E-state index in [1.807, 2.05) is 11.7 Å². The zero-order valence-electron chi connectivity index (χ0n) is 16.6. The number of thiophene rings is 1. The molecule has 0 radical (unpaired) electrons. The van der Waals surface area contributed by atoms with Crippen LogP contribution in [0.1, 0.15) is 49.9 Å². The van der Waals surface area contributed by atoms with E-state index in [4.69, 9.17) is 0 Å². The van der Waals surface area contributed by atoms with E-state index >= 15 is 0 Å². The molecule has 2 aromatic heterocycles. The van der Waals surface area contributed by atoms with Crippen molar-refractivity contribution in [3.63, 3.8) is 0 Å². The van der Waals surface area contributed by atoms with Gasteiger partial charge < -0.3 is 4.90 Å². The quantitative estimate of drug-likeness (QED) is 0.764. The maximum atomic E-state index is 12.3. The second-order valence-electron chi connectivity index (χ2n) is 8.27. The second kappa shape index (κ2) is 7.40. The third-order valence-corrected chi connectivity index (χ3v) is 7.16. The third-order valence-electron chi connectivity index (χ3n) is 6.43. The minimum absolute atomic E-state index is 0.216. The standard InChI is InChI=1S/C21H30N4OS/c1-4-19-18(13-23(3)22-19)14-24-8-6-21(7-9-24)11-20(21)25(16(2)26)12-17-5-10-27-15-17/h5,10,13,15,20H,4,6-9,11-12,14H2,1-3H3/t20-/m0/s1. The SMILES string of the molecule is CCc1nn(C)cc1CN1CCC2(CC1)C[C@@H]2N(Cc1ccsc1)C(C)=O. The van der Waals surface area contributed by atoms with Crippen molar-refractivity contribution in [1.82, 2.24) is 19.6 Å². The van der Waals surface area contributed by atoms with Crippen molar-refractivity contribution >= 4 is 17.2 Å². The first kappa shape index (κ1) is 18.7. The maximum Gasteiger partial charge on any atom is 0.220 e. The summed E-state index contributed by atoms with van der Waals surface area (Å²) in [6, 6.07) is 2.57. The molecule has 1 atom stereocenters. The van der Waals surface area contributed by atoms with Gasteiger partial charge in [0.2, 0.25) is 5.91 Å². The van der Waals surface area contributed by atoms with E-state index in [0.717, 1.165) is 32.6 Å². The minimum Gasteiger partial charge on any atom is -0.335 e. The van der Waals surface area contributed by atoms with E-state index in [2.05, 4.69) is 44.8 Å². The fourth-order valence-corrected chi connectivity index (χ4v) is 5.40. The molecule has 1 saturated heterocycles. The lowest BCUT2D eigenvalue weighted by molar-refractivity contribution is -0.130. The van der Waals surface area contributed by atoms with Gasteiger partial charge in [-0.1, -0.05) is 6.92 Å². The van der Waals surface area contributed by atoms with Gasteiger partial charge in [0, 0.05) is 44.9 Å². The number of piperidine rings is 1. The molecular weight excluding hydrogens is 356 g/mol. The molecular formula is C21H30N4OS. The van der Waals surface area contributed by atoms with Gasteiger partial charge in [-0.15, -0.1) is 0 Å². The third kappa shape index (κ3) is 3.83. The normalized spacial score (nSPS) is 21.5. The van der Waals surface area contributed by atoms with Crippen molar-refractivity contribution < 1.29 is 4.79 Å². The van der Waals surface area contributed by atoms with Gasteiger partial charge in [-0.2, -0.15) is 16.4 Å². The average molecular weight is 387 g/mol. The summed E-state index contributed by atoms with van der Waals surface area (Å²) in [5.74, 6) is 0.216. The van der Waals surface area contributed by atoms with E-state index in [9.17, 15) is 4.79 Å². The van der Waals surface area contributed by atoms with Crippen molar-refractivity contribution in [3.05, 3.63) is 39.8 Å². The maximum absolute atomic E-state index is 12.3. The van der Waals surface area contributed by atoms with Crippen LogP contribution in [0.5, 0.6) is 0 Å². The molecule has 0 N–H and O–H groups in total. The number of hydrogen-bond acceptors (Lipinski definition) is 4. The lowest BCUT2D eigenvalue weighted by Gasteiger charge is -2.34. The molecule has 1 aliphatic carbocycles. The van der Waals surface area contributed by atoms with Crippen LogP contribution in [0.15, 0.2) is 23.0 Å². The van der Waals surface area contributed by atoms with Crippen molar-refractivity contribution in [2.75, 3.05) is 13.1 Å². The Bertz CT molecular complexity index is 789. The highest BCUT2D eigenvalue weighted by Gasteiger charge is 2.58. The largest absolute Gasteiger partial charge is 0.335 e. The van der Waals surface area contributed by atoms with Crippen molar-refractivity contribution in [2.45, 2.75) is 58.7 Å². The highest BCUT2D eigenvalue weighted by molar-refractivity contribution is 7.07. The average Bonchev–Trinajstić information content (AvgIpc) is 2.99. The zero-order chi connectivity index (χ0) is 19.0. The molecule has 2 fully saturated rings. The lowest BCUT2D eigenvalue weighted by atomic mass is 9.92. The second-order valence-corrected chi connectivity index (χ2v) is 9.05. The van der Waals surface area contributed by atoms with Gasteiger partial charge in [-0.05, 0) is 66.6 Å². The summed E-state index contributed by atoms with van der Waals surface area (Å²) in [4.78, 5) is 16.9. The summed E-state index contributed by atoms with van der Waals surface area (Å²) in [5.41, 5.74) is 4.21. The summed E-state index contributed by atoms with van der Waals surface area (Å²) < 4.78 is 1.94. The monoisotopic (exact) mass is 386 g/mol. The van der Waals surface area contributed by atoms with Crippen molar-refractivity contribution in [3.8, 4) is 0 Å². The zero-order valence-corrected chi connectivity index (χ0v) is 17.5. The molecule has 1 saturated carbocycles. The summed E-state index contributed by atoms with van der Waals surface area (Å²) in [5, 5.41) is 8.83. The van der Waals surface area contributed by atoms with Gasteiger partial charge >= 0.3 is 0 Å². The first-order valence-electron chi connectivity index (χ1n) is 10.0. The molecule has 1 spiro atoms. The Balaban J connectivity index is 1.35. The van der Waals surface area contributed by atoms with Crippen LogP contribution in [0.2, 0.25) is 0 Å². The van der Waals surface area contributed by atoms with E-state index in [1.54, 1.807) is 18.3 Å². The Morgan fingerprint density at radius 2 is 2.19 bits per heavy atom. The number of carbonyl (C=O) groups excluding carboxylic acids is 1. The number of nitrogens with zero attached hydrogens (tertiary/aromatic N) is 4. The molecule has 1 amide bonds. The van der Waals surface area contributed by atoms with E-state index in [-0.39, 0.29) is 5.91 Å². The number of aryl methyl sites for hydroxylation is 2. The van der Waals surface area contributed by atoms with Crippen LogP contribution in [-0.2, 0) is 31.4 Å². The summed E-state index contributed by atoms with van der Waals surface area (Å²) >= 11 is 1.71. The van der Waals surface area contributed by atoms with Crippen LogP contribution in [0, 0.1) is 5.41 Å². The van der Waals surface area contributed by atoms with Crippen LogP contribution < -0.4 is 0 Å². The van der Waals surface area contributed by atoms with Crippen molar-refractivity contribution in [2.24, 2.45) is 12.5 Å². The number of rotatable bonds is 6. The fourth-order valence-electron chi connectivity index (χ4n) is 4.74. The van der Waals surface area contributed by atoms with E-state index in [0.29, 0.717) is 11.5 Å². The number of hydrogen-bond donors (Lipinski definition) is 0. The topological polar surface area (TPSA) is 41.4 Å². The molecule has 2 aliphatic rings. The van der Waals surface area contributed by atoms with Gasteiger partial charge in [-0.3, -0.25) is 14.4 Å². The van der Waals surface area contributed by atoms with E-state index < -0.39 is 0 Å². The Morgan fingerprint density at radius 3 is 2.81 bits per heavy atom. The molecule has 1 aliphatic heterocycles. The molecule has 0 bridgehead atoms. The number of aromatic nitrogens is 2. The Morgan fingerprint density at radius 1 is 1.41 bits per heavy atom. The van der Waals surface area contributed by atoms with Gasteiger partial charge in [0.1, 0.15) is 0 Å². The molecule has 6 heteroatoms. The molecule has 3 heterocycles. The molecule has 0 aromatic carbocycles. The molecule has 27 heavy (non-hydrogen) atoms. The first-order valence-corrected chi connectivity index (χ1v) is 11.0. The van der Waals surface area contributed by atoms with Crippen LogP contribution in [0.3, 0.4) is 0 Å².